The lowest BCUT2D eigenvalue weighted by Crippen LogP contribution is -2.63. The van der Waals surface area contributed by atoms with Gasteiger partial charge in [-0.15, -0.1) is 0 Å². The Labute approximate surface area is 118 Å². The molecule has 0 radical (unpaired) electrons. The van der Waals surface area contributed by atoms with Crippen molar-refractivity contribution in [3.8, 4) is 0 Å². The highest BCUT2D eigenvalue weighted by atomic mass is 15.4. The molecule has 0 spiro atoms. The molecule has 106 valence electrons. The Morgan fingerprint density at radius 2 is 2.05 bits per heavy atom. The molecule has 0 unspecified atom stereocenters. The molecule has 6 heteroatoms. The van der Waals surface area contributed by atoms with E-state index in [1.165, 1.54) is 13.1 Å². The van der Waals surface area contributed by atoms with Crippen LogP contribution < -0.4 is 10.2 Å². The van der Waals surface area contributed by atoms with E-state index in [2.05, 4.69) is 31.3 Å². The number of nitrogens with zero attached hydrogens (tertiary/aromatic N) is 5. The summed E-state index contributed by atoms with van der Waals surface area (Å²) in [6.45, 7) is 8.76. The Balaban J connectivity index is 1.51. The first-order valence-electron chi connectivity index (χ1n) is 7.32. The average molecular weight is 272 g/mol. The van der Waals surface area contributed by atoms with Crippen LogP contribution >= 0.6 is 0 Å². The van der Waals surface area contributed by atoms with Crippen LogP contribution in [0.15, 0.2) is 18.5 Å². The number of hydrogen-bond acceptors (Lipinski definition) is 5. The first kappa shape index (κ1) is 12.1. The van der Waals surface area contributed by atoms with E-state index in [0.29, 0.717) is 6.04 Å². The van der Waals surface area contributed by atoms with Gasteiger partial charge in [0.15, 0.2) is 5.82 Å². The van der Waals surface area contributed by atoms with Crippen molar-refractivity contribution < 1.29 is 0 Å². The molecule has 2 fully saturated rings. The van der Waals surface area contributed by atoms with Gasteiger partial charge in [0.2, 0.25) is 0 Å². The summed E-state index contributed by atoms with van der Waals surface area (Å²) in [6, 6.07) is 2.80. The van der Waals surface area contributed by atoms with E-state index < -0.39 is 0 Å². The largest absolute Gasteiger partial charge is 0.352 e. The van der Waals surface area contributed by atoms with Gasteiger partial charge in [0.05, 0.1) is 5.69 Å². The number of aryl methyl sites for hydroxylation is 1. The van der Waals surface area contributed by atoms with Gasteiger partial charge in [-0.25, -0.2) is 9.50 Å². The zero-order valence-electron chi connectivity index (χ0n) is 11.8. The molecule has 0 aliphatic carbocycles. The second kappa shape index (κ2) is 4.71. The zero-order valence-corrected chi connectivity index (χ0v) is 11.8. The number of rotatable bonds is 2. The van der Waals surface area contributed by atoms with Crippen LogP contribution in [-0.4, -0.2) is 64.8 Å². The van der Waals surface area contributed by atoms with Crippen LogP contribution in [0.4, 0.5) is 5.82 Å². The number of piperazine rings is 1. The molecule has 0 amide bonds. The summed E-state index contributed by atoms with van der Waals surface area (Å²) in [5.41, 5.74) is 2.15. The van der Waals surface area contributed by atoms with Gasteiger partial charge in [0.1, 0.15) is 5.52 Å². The zero-order chi connectivity index (χ0) is 13.5. The van der Waals surface area contributed by atoms with E-state index in [1.807, 2.05) is 23.8 Å². The van der Waals surface area contributed by atoms with Gasteiger partial charge in [0.25, 0.3) is 0 Å². The lowest BCUT2D eigenvalue weighted by Gasteiger charge is -2.47. The minimum atomic E-state index is 0.683. The second-order valence-electron chi connectivity index (χ2n) is 5.71. The summed E-state index contributed by atoms with van der Waals surface area (Å²) < 4.78 is 1.93. The maximum atomic E-state index is 4.56. The van der Waals surface area contributed by atoms with Crippen LogP contribution in [0.2, 0.25) is 0 Å². The Kier molecular flexibility index (Phi) is 2.85. The molecule has 1 N–H and O–H groups in total. The van der Waals surface area contributed by atoms with Crippen molar-refractivity contribution in [1.82, 2.24) is 24.8 Å². The molecule has 0 aromatic carbocycles. The van der Waals surface area contributed by atoms with E-state index in [-0.39, 0.29) is 0 Å². The maximum Gasteiger partial charge on any atom is 0.154 e. The fourth-order valence-corrected chi connectivity index (χ4v) is 3.18. The molecule has 4 heterocycles. The normalized spacial score (nSPS) is 21.4. The third kappa shape index (κ3) is 1.96. The smallest absolute Gasteiger partial charge is 0.154 e. The highest BCUT2D eigenvalue weighted by molar-refractivity contribution is 5.70. The highest BCUT2D eigenvalue weighted by Gasteiger charge is 2.33. The molecule has 2 aromatic heterocycles. The monoisotopic (exact) mass is 272 g/mol. The summed E-state index contributed by atoms with van der Waals surface area (Å²) in [7, 11) is 0. The van der Waals surface area contributed by atoms with E-state index >= 15 is 0 Å². The van der Waals surface area contributed by atoms with Crippen LogP contribution in [0.3, 0.4) is 0 Å². The fraction of sp³-hybridized carbons (Fsp3) is 0.571. The Morgan fingerprint density at radius 3 is 2.85 bits per heavy atom. The third-order valence-electron chi connectivity index (χ3n) is 4.32. The van der Waals surface area contributed by atoms with Crippen molar-refractivity contribution in [2.75, 3.05) is 44.2 Å². The van der Waals surface area contributed by atoms with E-state index in [4.69, 9.17) is 0 Å². The molecule has 20 heavy (non-hydrogen) atoms. The first-order valence-corrected chi connectivity index (χ1v) is 7.32. The topological polar surface area (TPSA) is 48.7 Å². The number of aromatic nitrogens is 3. The molecule has 4 rings (SSSR count). The van der Waals surface area contributed by atoms with Crippen LogP contribution in [-0.2, 0) is 0 Å². The van der Waals surface area contributed by atoms with Gasteiger partial charge < -0.3 is 10.2 Å². The molecule has 2 aliphatic rings. The minimum Gasteiger partial charge on any atom is -0.352 e. The van der Waals surface area contributed by atoms with Crippen molar-refractivity contribution in [2.45, 2.75) is 13.0 Å². The first-order chi connectivity index (χ1) is 9.81. The van der Waals surface area contributed by atoms with Gasteiger partial charge in [0, 0.05) is 57.7 Å². The number of hydrogen-bond donors (Lipinski definition) is 1. The van der Waals surface area contributed by atoms with Crippen molar-refractivity contribution in [3.05, 3.63) is 24.2 Å². The maximum absolute atomic E-state index is 4.56. The van der Waals surface area contributed by atoms with Crippen LogP contribution in [0.25, 0.3) is 5.52 Å². The Bertz CT molecular complexity index is 609. The van der Waals surface area contributed by atoms with Crippen molar-refractivity contribution in [3.63, 3.8) is 0 Å². The second-order valence-corrected chi connectivity index (χ2v) is 5.71. The summed E-state index contributed by atoms with van der Waals surface area (Å²) in [4.78, 5) is 9.51. The van der Waals surface area contributed by atoms with E-state index in [0.717, 1.165) is 43.2 Å². The van der Waals surface area contributed by atoms with Gasteiger partial charge in [-0.3, -0.25) is 4.90 Å². The minimum absolute atomic E-state index is 0.683. The van der Waals surface area contributed by atoms with E-state index in [9.17, 15) is 0 Å². The number of anilines is 1. The van der Waals surface area contributed by atoms with Crippen LogP contribution in [0.5, 0.6) is 0 Å². The third-order valence-corrected chi connectivity index (χ3v) is 4.32. The summed E-state index contributed by atoms with van der Waals surface area (Å²) in [5.74, 6) is 1.07. The van der Waals surface area contributed by atoms with Crippen LogP contribution in [0.1, 0.15) is 5.69 Å². The number of fused-ring (bicyclic) bond motifs is 1. The molecule has 0 bridgehead atoms. The summed E-state index contributed by atoms with van der Waals surface area (Å²) >= 11 is 0. The lowest BCUT2D eigenvalue weighted by molar-refractivity contribution is 0.147. The predicted molar refractivity (Wildman–Crippen MR) is 78.2 cm³/mol. The SMILES string of the molecule is Cc1cc2c(N3CC(N4CCNCC4)C3)nccn2n1. The molecular formula is C14H20N6. The highest BCUT2D eigenvalue weighted by Crippen LogP contribution is 2.26. The van der Waals surface area contributed by atoms with Gasteiger partial charge >= 0.3 is 0 Å². The standard InChI is InChI=1S/C14H20N6/c1-11-8-13-14(16-4-7-20(13)17-11)19-9-12(10-19)18-5-2-15-3-6-18/h4,7-8,12,15H,2-3,5-6,9-10H2,1H3. The van der Waals surface area contributed by atoms with Gasteiger partial charge in [-0.1, -0.05) is 0 Å². The van der Waals surface area contributed by atoms with Gasteiger partial charge in [-0.05, 0) is 13.0 Å². The quantitative estimate of drug-likeness (QED) is 0.842. The van der Waals surface area contributed by atoms with Crippen molar-refractivity contribution >= 4 is 11.3 Å². The predicted octanol–water partition coefficient (Wildman–Crippen LogP) is 0.132. The Morgan fingerprint density at radius 1 is 1.25 bits per heavy atom. The molecule has 0 saturated carbocycles. The average Bonchev–Trinajstić information content (AvgIpc) is 2.79. The van der Waals surface area contributed by atoms with Crippen molar-refractivity contribution in [1.29, 1.82) is 0 Å². The summed E-state index contributed by atoms with van der Waals surface area (Å²) in [5, 5.41) is 7.86. The Hall–Kier alpha value is -1.66. The fourth-order valence-electron chi connectivity index (χ4n) is 3.18. The van der Waals surface area contributed by atoms with E-state index in [1.54, 1.807) is 0 Å². The van der Waals surface area contributed by atoms with Gasteiger partial charge in [-0.2, -0.15) is 5.10 Å². The molecule has 2 saturated heterocycles. The number of nitrogens with one attached hydrogen (secondary N) is 1. The van der Waals surface area contributed by atoms with Crippen LogP contribution in [0, 0.1) is 6.92 Å². The molecule has 6 nitrogen and oxygen atoms in total. The van der Waals surface area contributed by atoms with Crippen molar-refractivity contribution in [2.24, 2.45) is 0 Å². The molecular weight excluding hydrogens is 252 g/mol. The summed E-state index contributed by atoms with van der Waals surface area (Å²) in [6.07, 6.45) is 3.76. The molecule has 0 atom stereocenters. The lowest BCUT2D eigenvalue weighted by atomic mass is 10.1. The molecule has 2 aromatic rings. The molecule has 2 aliphatic heterocycles.